The van der Waals surface area contributed by atoms with Gasteiger partial charge in [-0.15, -0.1) is 0 Å². The second-order valence-corrected chi connectivity index (χ2v) is 4.61. The lowest BCUT2D eigenvalue weighted by molar-refractivity contribution is -0.111. The van der Waals surface area contributed by atoms with E-state index in [2.05, 4.69) is 10.3 Å². The van der Waals surface area contributed by atoms with Crippen molar-refractivity contribution < 1.29 is 14.3 Å². The molecule has 0 aliphatic carbocycles. The molecule has 0 saturated carbocycles. The minimum absolute atomic E-state index is 0.209. The first kappa shape index (κ1) is 15.7. The van der Waals surface area contributed by atoms with Crippen LogP contribution in [0.25, 0.3) is 6.08 Å². The maximum Gasteiger partial charge on any atom is 0.249 e. The molecule has 1 aromatic heterocycles. The Hall–Kier alpha value is -2.66. The van der Waals surface area contributed by atoms with Gasteiger partial charge in [0.1, 0.15) is 11.6 Å². The quantitative estimate of drug-likeness (QED) is 0.658. The van der Waals surface area contributed by atoms with Gasteiger partial charge in [0.2, 0.25) is 5.91 Å². The molecule has 2 rings (SSSR count). The van der Waals surface area contributed by atoms with Crippen LogP contribution in [0.2, 0.25) is 0 Å². The first-order valence-electron chi connectivity index (χ1n) is 6.81. The fraction of sp³-hybridized carbons (Fsp3) is 0.176. The number of hydrogen-bond donors (Lipinski definition) is 1. The Labute approximate surface area is 129 Å². The molecule has 1 amide bonds. The summed E-state index contributed by atoms with van der Waals surface area (Å²) >= 11 is 0. The Balaban J connectivity index is 1.93. The van der Waals surface area contributed by atoms with E-state index in [0.29, 0.717) is 11.6 Å². The molecule has 0 radical (unpaired) electrons. The number of hydrogen-bond acceptors (Lipinski definition) is 4. The van der Waals surface area contributed by atoms with E-state index >= 15 is 0 Å². The number of rotatable bonds is 6. The predicted octanol–water partition coefficient (Wildman–Crippen LogP) is 3.02. The maximum atomic E-state index is 11.9. The topological polar surface area (TPSA) is 60.5 Å². The molecule has 1 aromatic carbocycles. The van der Waals surface area contributed by atoms with Gasteiger partial charge >= 0.3 is 0 Å². The molecule has 2 aromatic rings. The summed E-state index contributed by atoms with van der Waals surface area (Å²) in [4.78, 5) is 16.0. The number of methoxy groups -OCH3 is 1. The van der Waals surface area contributed by atoms with Crippen molar-refractivity contribution in [2.45, 2.75) is 6.92 Å². The third-order valence-corrected chi connectivity index (χ3v) is 2.90. The molecule has 114 valence electrons. The summed E-state index contributed by atoms with van der Waals surface area (Å²) in [6.07, 6.45) is 4.85. The van der Waals surface area contributed by atoms with Crippen molar-refractivity contribution in [2.24, 2.45) is 0 Å². The van der Waals surface area contributed by atoms with Crippen LogP contribution in [-0.4, -0.2) is 24.8 Å². The van der Waals surface area contributed by atoms with E-state index < -0.39 is 0 Å². The summed E-state index contributed by atoms with van der Waals surface area (Å²) in [6, 6.07) is 11.1. The zero-order valence-electron chi connectivity index (χ0n) is 12.6. The van der Waals surface area contributed by atoms with Crippen molar-refractivity contribution in [3.8, 4) is 5.75 Å². The minimum Gasteiger partial charge on any atom is -0.468 e. The van der Waals surface area contributed by atoms with Crippen molar-refractivity contribution in [3.63, 3.8) is 0 Å². The number of nitrogens with one attached hydrogen (secondary N) is 1. The summed E-state index contributed by atoms with van der Waals surface area (Å²) in [5.41, 5.74) is 1.82. The van der Waals surface area contributed by atoms with Gasteiger partial charge in [0.15, 0.2) is 6.79 Å². The van der Waals surface area contributed by atoms with Gasteiger partial charge in [0.05, 0.1) is 0 Å². The van der Waals surface area contributed by atoms with Crippen LogP contribution in [0, 0.1) is 6.92 Å². The summed E-state index contributed by atoms with van der Waals surface area (Å²) in [5, 5.41) is 2.74. The molecule has 0 saturated heterocycles. The standard InChI is InChI=1S/C17H18N2O3/c1-13-4-3-11-18-17(13)19-16(20)10-7-14-5-8-15(9-6-14)22-12-21-2/h3-11H,12H2,1-2H3,(H,18,19,20)/b10-7+. The molecule has 0 unspecified atom stereocenters. The monoisotopic (exact) mass is 298 g/mol. The van der Waals surface area contributed by atoms with Crippen LogP contribution in [0.4, 0.5) is 5.82 Å². The van der Waals surface area contributed by atoms with Crippen molar-refractivity contribution in [3.05, 3.63) is 59.8 Å². The van der Waals surface area contributed by atoms with Gasteiger partial charge in [-0.05, 0) is 42.3 Å². The molecule has 1 N–H and O–H groups in total. The number of ether oxygens (including phenoxy) is 2. The highest BCUT2D eigenvalue weighted by molar-refractivity contribution is 6.01. The number of benzene rings is 1. The summed E-state index contributed by atoms with van der Waals surface area (Å²) in [6.45, 7) is 2.10. The largest absolute Gasteiger partial charge is 0.468 e. The highest BCUT2D eigenvalue weighted by Crippen LogP contribution is 2.13. The summed E-state index contributed by atoms with van der Waals surface area (Å²) in [5.74, 6) is 1.06. The third-order valence-electron chi connectivity index (χ3n) is 2.90. The minimum atomic E-state index is -0.221. The van der Waals surface area contributed by atoms with Crippen LogP contribution in [0.15, 0.2) is 48.7 Å². The van der Waals surface area contributed by atoms with Crippen LogP contribution in [0.1, 0.15) is 11.1 Å². The number of amides is 1. The zero-order chi connectivity index (χ0) is 15.8. The third kappa shape index (κ3) is 4.71. The Morgan fingerprint density at radius 2 is 2.05 bits per heavy atom. The molecule has 22 heavy (non-hydrogen) atoms. The van der Waals surface area contributed by atoms with Gasteiger partial charge in [-0.25, -0.2) is 4.98 Å². The van der Waals surface area contributed by atoms with Crippen molar-refractivity contribution in [2.75, 3.05) is 19.2 Å². The number of anilines is 1. The SMILES string of the molecule is COCOc1ccc(/C=C/C(=O)Nc2ncccc2C)cc1. The van der Waals surface area contributed by atoms with Gasteiger partial charge in [-0.2, -0.15) is 0 Å². The predicted molar refractivity (Wildman–Crippen MR) is 85.6 cm³/mol. The molecule has 0 bridgehead atoms. The fourth-order valence-corrected chi connectivity index (χ4v) is 1.75. The highest BCUT2D eigenvalue weighted by Gasteiger charge is 2.01. The lowest BCUT2D eigenvalue weighted by Gasteiger charge is -2.05. The van der Waals surface area contributed by atoms with E-state index in [1.165, 1.54) is 6.08 Å². The van der Waals surface area contributed by atoms with Crippen LogP contribution < -0.4 is 10.1 Å². The van der Waals surface area contributed by atoms with Crippen molar-refractivity contribution in [1.29, 1.82) is 0 Å². The molecule has 0 aliphatic rings. The molecule has 5 heteroatoms. The molecule has 0 aliphatic heterocycles. The number of nitrogens with zero attached hydrogens (tertiary/aromatic N) is 1. The van der Waals surface area contributed by atoms with E-state index in [1.54, 1.807) is 19.4 Å². The van der Waals surface area contributed by atoms with E-state index in [0.717, 1.165) is 11.1 Å². The van der Waals surface area contributed by atoms with Crippen LogP contribution in [0.5, 0.6) is 5.75 Å². The van der Waals surface area contributed by atoms with Gasteiger partial charge in [0, 0.05) is 19.4 Å². The Bertz CT molecular complexity index is 651. The molecule has 1 heterocycles. The normalized spacial score (nSPS) is 10.6. The van der Waals surface area contributed by atoms with Gasteiger partial charge in [-0.3, -0.25) is 4.79 Å². The van der Waals surface area contributed by atoms with E-state index in [1.807, 2.05) is 43.3 Å². The van der Waals surface area contributed by atoms with Crippen LogP contribution >= 0.6 is 0 Å². The van der Waals surface area contributed by atoms with E-state index in [-0.39, 0.29) is 12.7 Å². The van der Waals surface area contributed by atoms with Gasteiger partial charge in [-0.1, -0.05) is 18.2 Å². The lowest BCUT2D eigenvalue weighted by atomic mass is 10.2. The molecule has 0 atom stereocenters. The number of carbonyl (C=O) groups excluding carboxylic acids is 1. The second kappa shape index (κ2) is 7.95. The highest BCUT2D eigenvalue weighted by atomic mass is 16.7. The number of pyridine rings is 1. The fourth-order valence-electron chi connectivity index (χ4n) is 1.75. The van der Waals surface area contributed by atoms with Gasteiger partial charge in [0.25, 0.3) is 0 Å². The lowest BCUT2D eigenvalue weighted by Crippen LogP contribution is -2.10. The van der Waals surface area contributed by atoms with Gasteiger partial charge < -0.3 is 14.8 Å². The molecular weight excluding hydrogens is 280 g/mol. The smallest absolute Gasteiger partial charge is 0.249 e. The summed E-state index contributed by atoms with van der Waals surface area (Å²) in [7, 11) is 1.57. The first-order valence-corrected chi connectivity index (χ1v) is 6.81. The number of aromatic nitrogens is 1. The molecule has 5 nitrogen and oxygen atoms in total. The molecular formula is C17H18N2O3. The van der Waals surface area contributed by atoms with E-state index in [4.69, 9.17) is 9.47 Å². The average molecular weight is 298 g/mol. The first-order chi connectivity index (χ1) is 10.7. The van der Waals surface area contributed by atoms with Crippen molar-refractivity contribution in [1.82, 2.24) is 4.98 Å². The van der Waals surface area contributed by atoms with E-state index in [9.17, 15) is 4.79 Å². The Kier molecular flexibility index (Phi) is 5.68. The average Bonchev–Trinajstić information content (AvgIpc) is 2.54. The number of aryl methyl sites for hydroxylation is 1. The Morgan fingerprint density at radius 3 is 2.73 bits per heavy atom. The van der Waals surface area contributed by atoms with Crippen molar-refractivity contribution >= 4 is 17.8 Å². The molecule has 0 spiro atoms. The summed E-state index contributed by atoms with van der Waals surface area (Å²) < 4.78 is 10.1. The maximum absolute atomic E-state index is 11.9. The molecule has 0 fully saturated rings. The van der Waals surface area contributed by atoms with Crippen LogP contribution in [0.3, 0.4) is 0 Å². The zero-order valence-corrected chi connectivity index (χ0v) is 12.6. The van der Waals surface area contributed by atoms with Crippen LogP contribution in [-0.2, 0) is 9.53 Å². The second-order valence-electron chi connectivity index (χ2n) is 4.61. The number of carbonyl (C=O) groups is 1. The Morgan fingerprint density at radius 1 is 1.27 bits per heavy atom.